The molecule has 7 nitrogen and oxygen atoms in total. The van der Waals surface area contributed by atoms with E-state index >= 15 is 0 Å². The number of carbonyl (C=O) groups excluding carboxylic acids is 1. The van der Waals surface area contributed by atoms with Gasteiger partial charge in [0.25, 0.3) is 0 Å². The molecule has 0 fully saturated rings. The summed E-state index contributed by atoms with van der Waals surface area (Å²) >= 11 is 1.23. The SMILES string of the molecule is Cn1cc(C(=O)CSc2nnc(-c3ccc(O)cc3)c(-c3ccc(O)cc3)n2)c2ccccc21. The van der Waals surface area contributed by atoms with E-state index < -0.39 is 0 Å². The van der Waals surface area contributed by atoms with Crippen molar-refractivity contribution in [3.63, 3.8) is 0 Å². The molecule has 0 aliphatic rings. The van der Waals surface area contributed by atoms with E-state index in [4.69, 9.17) is 4.98 Å². The number of ketones is 1. The lowest BCUT2D eigenvalue weighted by Crippen LogP contribution is -2.04. The fraction of sp³-hybridized carbons (Fsp3) is 0.0769. The van der Waals surface area contributed by atoms with Crippen LogP contribution in [0.5, 0.6) is 11.5 Å². The first-order chi connectivity index (χ1) is 16.5. The van der Waals surface area contributed by atoms with Crippen molar-refractivity contribution in [3.8, 4) is 34.0 Å². The molecule has 0 saturated heterocycles. The number of rotatable bonds is 6. The number of nitrogens with zero attached hydrogens (tertiary/aromatic N) is 4. The number of aryl methyl sites for hydroxylation is 1. The quantitative estimate of drug-likeness (QED) is 0.265. The number of phenols is 2. The van der Waals surface area contributed by atoms with E-state index in [2.05, 4.69) is 10.2 Å². The van der Waals surface area contributed by atoms with Gasteiger partial charge in [-0.1, -0.05) is 30.0 Å². The van der Waals surface area contributed by atoms with Crippen LogP contribution in [0.4, 0.5) is 0 Å². The highest BCUT2D eigenvalue weighted by molar-refractivity contribution is 7.99. The lowest BCUT2D eigenvalue weighted by Gasteiger charge is -2.09. The van der Waals surface area contributed by atoms with Crippen molar-refractivity contribution < 1.29 is 15.0 Å². The Labute approximate surface area is 199 Å². The Kier molecular flexibility index (Phi) is 5.73. The summed E-state index contributed by atoms with van der Waals surface area (Å²) in [6.45, 7) is 0. The van der Waals surface area contributed by atoms with Gasteiger partial charge in [0, 0.05) is 40.8 Å². The number of thioether (sulfide) groups is 1. The number of aromatic nitrogens is 4. The third-order valence-electron chi connectivity index (χ3n) is 5.48. The van der Waals surface area contributed by atoms with E-state index in [-0.39, 0.29) is 23.0 Å². The Morgan fingerprint density at radius 1 is 0.853 bits per heavy atom. The van der Waals surface area contributed by atoms with Crippen LogP contribution in [0, 0.1) is 0 Å². The van der Waals surface area contributed by atoms with Gasteiger partial charge in [0.15, 0.2) is 5.78 Å². The Bertz CT molecular complexity index is 1500. The zero-order valence-corrected chi connectivity index (χ0v) is 19.0. The highest BCUT2D eigenvalue weighted by Crippen LogP contribution is 2.32. The maximum atomic E-state index is 13.0. The van der Waals surface area contributed by atoms with Crippen molar-refractivity contribution in [2.45, 2.75) is 5.16 Å². The van der Waals surface area contributed by atoms with Crippen LogP contribution in [-0.4, -0.2) is 41.5 Å². The second-order valence-corrected chi connectivity index (χ2v) is 8.71. The second kappa shape index (κ2) is 8.99. The van der Waals surface area contributed by atoms with Gasteiger partial charge in [0.05, 0.1) is 5.75 Å². The molecule has 0 atom stereocenters. The summed E-state index contributed by atoms with van der Waals surface area (Å²) in [6, 6.07) is 21.1. The van der Waals surface area contributed by atoms with Gasteiger partial charge in [-0.15, -0.1) is 10.2 Å². The molecule has 0 unspecified atom stereocenters. The van der Waals surface area contributed by atoms with Crippen molar-refractivity contribution in [2.24, 2.45) is 7.05 Å². The van der Waals surface area contributed by atoms with Gasteiger partial charge in [-0.2, -0.15) is 0 Å². The lowest BCUT2D eigenvalue weighted by atomic mass is 10.0. The van der Waals surface area contributed by atoms with Crippen molar-refractivity contribution >= 4 is 28.4 Å². The molecule has 0 spiro atoms. The van der Waals surface area contributed by atoms with E-state index in [1.165, 1.54) is 11.8 Å². The predicted molar refractivity (Wildman–Crippen MR) is 132 cm³/mol. The molecule has 0 aliphatic carbocycles. The number of hydrogen-bond donors (Lipinski definition) is 2. The van der Waals surface area contributed by atoms with E-state index in [1.807, 2.05) is 42.1 Å². The minimum atomic E-state index is -0.0146. The summed E-state index contributed by atoms with van der Waals surface area (Å²) in [4.78, 5) is 17.7. The molecule has 2 aromatic heterocycles. The van der Waals surface area contributed by atoms with Gasteiger partial charge >= 0.3 is 0 Å². The van der Waals surface area contributed by atoms with Crippen LogP contribution in [0.15, 0.2) is 84.1 Å². The number of carbonyl (C=O) groups is 1. The Morgan fingerprint density at radius 2 is 1.47 bits per heavy atom. The van der Waals surface area contributed by atoms with Crippen molar-refractivity contribution in [1.29, 1.82) is 0 Å². The van der Waals surface area contributed by atoms with Gasteiger partial charge in [0.1, 0.15) is 22.9 Å². The average molecular weight is 469 g/mol. The fourth-order valence-corrected chi connectivity index (χ4v) is 4.45. The number of hydrogen-bond acceptors (Lipinski definition) is 7. The maximum Gasteiger partial charge on any atom is 0.210 e. The predicted octanol–water partition coefficient (Wildman–Crippen LogP) is 5.08. The van der Waals surface area contributed by atoms with Crippen molar-refractivity contribution in [1.82, 2.24) is 19.7 Å². The molecule has 168 valence electrons. The highest BCUT2D eigenvalue weighted by atomic mass is 32.2. The van der Waals surface area contributed by atoms with Crippen LogP contribution in [0.1, 0.15) is 10.4 Å². The van der Waals surface area contributed by atoms with Crippen LogP contribution >= 0.6 is 11.8 Å². The third kappa shape index (κ3) is 4.23. The Balaban J connectivity index is 1.46. The van der Waals surface area contributed by atoms with E-state index in [0.29, 0.717) is 22.1 Å². The monoisotopic (exact) mass is 468 g/mol. The zero-order chi connectivity index (χ0) is 23.7. The largest absolute Gasteiger partial charge is 0.508 e. The second-order valence-electron chi connectivity index (χ2n) is 7.77. The van der Waals surface area contributed by atoms with E-state index in [1.54, 1.807) is 48.5 Å². The minimum Gasteiger partial charge on any atom is -0.508 e. The summed E-state index contributed by atoms with van der Waals surface area (Å²) in [6.07, 6.45) is 1.85. The first-order valence-electron chi connectivity index (χ1n) is 10.5. The summed E-state index contributed by atoms with van der Waals surface area (Å²) in [5.41, 5.74) is 4.26. The summed E-state index contributed by atoms with van der Waals surface area (Å²) in [5.74, 6) is 0.449. The Morgan fingerprint density at radius 3 is 2.15 bits per heavy atom. The summed E-state index contributed by atoms with van der Waals surface area (Å²) < 4.78 is 1.95. The molecule has 0 radical (unpaired) electrons. The van der Waals surface area contributed by atoms with Crippen LogP contribution in [0.25, 0.3) is 33.4 Å². The van der Waals surface area contributed by atoms with Crippen LogP contribution < -0.4 is 0 Å². The number of fused-ring (bicyclic) bond motifs is 1. The minimum absolute atomic E-state index is 0.0146. The molecule has 5 aromatic rings. The summed E-state index contributed by atoms with van der Waals surface area (Å²) in [5, 5.41) is 29.2. The van der Waals surface area contributed by atoms with E-state index in [9.17, 15) is 15.0 Å². The van der Waals surface area contributed by atoms with Crippen LogP contribution in [0.3, 0.4) is 0 Å². The Hall–Kier alpha value is -4.17. The molecule has 0 saturated carbocycles. The standard InChI is InChI=1S/C26H20N4O3S/c1-30-14-21(20-4-2-3-5-22(20)30)23(33)15-34-26-27-24(16-6-10-18(31)11-7-16)25(28-29-26)17-8-12-19(32)13-9-17/h2-14,31-32H,15H2,1H3. The zero-order valence-electron chi connectivity index (χ0n) is 18.2. The number of benzene rings is 3. The molecule has 2 heterocycles. The van der Waals surface area contributed by atoms with Crippen molar-refractivity contribution in [2.75, 3.05) is 5.75 Å². The smallest absolute Gasteiger partial charge is 0.210 e. The molecule has 0 bridgehead atoms. The van der Waals surface area contributed by atoms with Gasteiger partial charge in [-0.25, -0.2) is 4.98 Å². The van der Waals surface area contributed by atoms with Crippen LogP contribution in [0.2, 0.25) is 0 Å². The number of aromatic hydroxyl groups is 2. The molecular formula is C26H20N4O3S. The van der Waals surface area contributed by atoms with Crippen molar-refractivity contribution in [3.05, 3.63) is 84.6 Å². The van der Waals surface area contributed by atoms with Gasteiger partial charge in [0.2, 0.25) is 5.16 Å². The van der Waals surface area contributed by atoms with Gasteiger partial charge < -0.3 is 14.8 Å². The number of Topliss-reactive ketones (excluding diaryl/α,β-unsaturated/α-hetero) is 1. The molecular weight excluding hydrogens is 448 g/mol. The van der Waals surface area contributed by atoms with Crippen LogP contribution in [-0.2, 0) is 7.05 Å². The average Bonchev–Trinajstić information content (AvgIpc) is 3.20. The fourth-order valence-electron chi connectivity index (χ4n) is 3.78. The topological polar surface area (TPSA) is 101 Å². The van der Waals surface area contributed by atoms with E-state index in [0.717, 1.165) is 22.0 Å². The molecule has 0 amide bonds. The molecule has 8 heteroatoms. The molecule has 3 aromatic carbocycles. The maximum absolute atomic E-state index is 13.0. The highest BCUT2D eigenvalue weighted by Gasteiger charge is 2.17. The number of para-hydroxylation sites is 1. The van der Waals surface area contributed by atoms with Gasteiger partial charge in [-0.3, -0.25) is 4.79 Å². The molecule has 2 N–H and O–H groups in total. The van der Waals surface area contributed by atoms with Gasteiger partial charge in [-0.05, 0) is 54.6 Å². The first kappa shape index (κ1) is 21.7. The number of phenolic OH excluding ortho intramolecular Hbond substituents is 2. The summed E-state index contributed by atoms with van der Waals surface area (Å²) in [7, 11) is 1.92. The third-order valence-corrected chi connectivity index (χ3v) is 6.32. The molecule has 34 heavy (non-hydrogen) atoms. The molecule has 5 rings (SSSR count). The normalized spacial score (nSPS) is 11.1. The lowest BCUT2D eigenvalue weighted by molar-refractivity contribution is 0.102. The molecule has 0 aliphatic heterocycles. The first-order valence-corrected chi connectivity index (χ1v) is 11.5.